The summed E-state index contributed by atoms with van der Waals surface area (Å²) in [5.74, 6) is 0. The van der Waals surface area contributed by atoms with Crippen LogP contribution < -0.4 is 0 Å². The number of rotatable bonds is 4. The number of nitrogens with zero attached hydrogens (tertiary/aromatic N) is 2. The van der Waals surface area contributed by atoms with E-state index >= 15 is 0 Å². The molecule has 1 aromatic heterocycles. The molecule has 2 heterocycles. The van der Waals surface area contributed by atoms with Crippen LogP contribution in [0.15, 0.2) is 30.3 Å². The third-order valence-corrected chi connectivity index (χ3v) is 4.66. The average Bonchev–Trinajstić information content (AvgIpc) is 2.50. The first-order valence-corrected chi connectivity index (χ1v) is 8.05. The van der Waals surface area contributed by atoms with Crippen molar-refractivity contribution in [3.8, 4) is 0 Å². The zero-order valence-electron chi connectivity index (χ0n) is 12.1. The largest absolute Gasteiger partial charge is 0.396 e. The molecule has 0 aliphatic carbocycles. The van der Waals surface area contributed by atoms with Crippen LogP contribution in [0.4, 0.5) is 0 Å². The molecule has 112 valence electrons. The number of aromatic nitrogens is 1. The van der Waals surface area contributed by atoms with Crippen molar-refractivity contribution in [2.24, 2.45) is 0 Å². The van der Waals surface area contributed by atoms with Gasteiger partial charge in [-0.15, -0.1) is 0 Å². The van der Waals surface area contributed by atoms with E-state index in [0.29, 0.717) is 11.2 Å². The molecule has 0 saturated carbocycles. The SMILES string of the molecule is OCCC1CCCCN1Cc1cc2ccccc2nc1Cl. The van der Waals surface area contributed by atoms with E-state index in [0.717, 1.165) is 36.0 Å². The highest BCUT2D eigenvalue weighted by Crippen LogP contribution is 2.26. The second-order valence-corrected chi connectivity index (χ2v) is 6.12. The second-order valence-electron chi connectivity index (χ2n) is 5.76. The molecule has 0 radical (unpaired) electrons. The first-order valence-electron chi connectivity index (χ1n) is 7.67. The number of likely N-dealkylation sites (tertiary alicyclic amines) is 1. The molecule has 1 unspecified atom stereocenters. The quantitative estimate of drug-likeness (QED) is 0.876. The number of hydrogen-bond acceptors (Lipinski definition) is 3. The van der Waals surface area contributed by atoms with Gasteiger partial charge >= 0.3 is 0 Å². The summed E-state index contributed by atoms with van der Waals surface area (Å²) >= 11 is 6.36. The molecule has 0 amide bonds. The van der Waals surface area contributed by atoms with Gasteiger partial charge in [-0.3, -0.25) is 4.90 Å². The normalized spacial score (nSPS) is 20.0. The summed E-state index contributed by atoms with van der Waals surface area (Å²) < 4.78 is 0. The van der Waals surface area contributed by atoms with E-state index in [1.54, 1.807) is 0 Å². The van der Waals surface area contributed by atoms with E-state index in [4.69, 9.17) is 11.6 Å². The number of pyridine rings is 1. The Morgan fingerprint density at radius 2 is 2.14 bits per heavy atom. The van der Waals surface area contributed by atoms with Crippen molar-refractivity contribution in [1.29, 1.82) is 0 Å². The highest BCUT2D eigenvalue weighted by molar-refractivity contribution is 6.30. The standard InChI is InChI=1S/C17H21ClN2O/c18-17-14(11-13-5-1-2-7-16(13)19-17)12-20-9-4-3-6-15(20)8-10-21/h1-2,5,7,11,15,21H,3-4,6,8-10,12H2. The van der Waals surface area contributed by atoms with Crippen LogP contribution in [0.2, 0.25) is 5.15 Å². The summed E-state index contributed by atoms with van der Waals surface area (Å²) in [4.78, 5) is 6.94. The minimum Gasteiger partial charge on any atom is -0.396 e. The van der Waals surface area contributed by atoms with Gasteiger partial charge in [0.1, 0.15) is 5.15 Å². The molecule has 4 heteroatoms. The summed E-state index contributed by atoms with van der Waals surface area (Å²) in [7, 11) is 0. The fraction of sp³-hybridized carbons (Fsp3) is 0.471. The smallest absolute Gasteiger partial charge is 0.134 e. The maximum absolute atomic E-state index is 9.23. The summed E-state index contributed by atoms with van der Waals surface area (Å²) in [5.41, 5.74) is 2.03. The monoisotopic (exact) mass is 304 g/mol. The van der Waals surface area contributed by atoms with E-state index < -0.39 is 0 Å². The van der Waals surface area contributed by atoms with Crippen molar-refractivity contribution in [3.63, 3.8) is 0 Å². The minimum absolute atomic E-state index is 0.255. The van der Waals surface area contributed by atoms with Gasteiger partial charge in [-0.05, 0) is 37.9 Å². The molecular formula is C17H21ClN2O. The zero-order valence-corrected chi connectivity index (χ0v) is 12.9. The molecule has 21 heavy (non-hydrogen) atoms. The number of benzene rings is 1. The van der Waals surface area contributed by atoms with E-state index in [1.165, 1.54) is 19.3 Å². The number of halogens is 1. The van der Waals surface area contributed by atoms with Crippen molar-refractivity contribution < 1.29 is 5.11 Å². The van der Waals surface area contributed by atoms with Crippen LogP contribution in [-0.2, 0) is 6.54 Å². The molecule has 1 atom stereocenters. The third-order valence-electron chi connectivity index (χ3n) is 4.33. The summed E-state index contributed by atoms with van der Waals surface area (Å²) in [5, 5.41) is 11.0. The molecule has 2 aromatic rings. The molecular weight excluding hydrogens is 284 g/mol. The van der Waals surface area contributed by atoms with Gasteiger partial charge in [-0.25, -0.2) is 4.98 Å². The Balaban J connectivity index is 1.84. The molecule has 1 aliphatic rings. The van der Waals surface area contributed by atoms with Gasteiger partial charge < -0.3 is 5.11 Å². The minimum atomic E-state index is 0.255. The molecule has 1 aromatic carbocycles. The Kier molecular flexibility index (Phi) is 4.73. The number of fused-ring (bicyclic) bond motifs is 1. The van der Waals surface area contributed by atoms with Gasteiger partial charge in [0.25, 0.3) is 0 Å². The number of hydrogen-bond donors (Lipinski definition) is 1. The lowest BCUT2D eigenvalue weighted by Gasteiger charge is -2.35. The van der Waals surface area contributed by atoms with E-state index in [-0.39, 0.29) is 6.61 Å². The van der Waals surface area contributed by atoms with Crippen molar-refractivity contribution in [1.82, 2.24) is 9.88 Å². The summed E-state index contributed by atoms with van der Waals surface area (Å²) in [6.45, 7) is 2.15. The molecule has 0 bridgehead atoms. The first-order chi connectivity index (χ1) is 10.3. The van der Waals surface area contributed by atoms with Crippen LogP contribution >= 0.6 is 11.6 Å². The van der Waals surface area contributed by atoms with Crippen LogP contribution in [0, 0.1) is 0 Å². The third kappa shape index (κ3) is 3.37. The van der Waals surface area contributed by atoms with Crippen molar-refractivity contribution in [3.05, 3.63) is 41.0 Å². The van der Waals surface area contributed by atoms with Gasteiger partial charge in [0, 0.05) is 30.1 Å². The first kappa shape index (κ1) is 14.8. The lowest BCUT2D eigenvalue weighted by molar-refractivity contribution is 0.112. The molecule has 3 nitrogen and oxygen atoms in total. The number of piperidine rings is 1. The van der Waals surface area contributed by atoms with Crippen molar-refractivity contribution in [2.75, 3.05) is 13.2 Å². The molecule has 1 aliphatic heterocycles. The highest BCUT2D eigenvalue weighted by atomic mass is 35.5. The van der Waals surface area contributed by atoms with Crippen LogP contribution in [0.1, 0.15) is 31.2 Å². The topological polar surface area (TPSA) is 36.4 Å². The zero-order chi connectivity index (χ0) is 14.7. The highest BCUT2D eigenvalue weighted by Gasteiger charge is 2.22. The number of para-hydroxylation sites is 1. The Morgan fingerprint density at radius 3 is 3.00 bits per heavy atom. The van der Waals surface area contributed by atoms with Crippen LogP contribution in [0.25, 0.3) is 10.9 Å². The Bertz CT molecular complexity index is 615. The van der Waals surface area contributed by atoms with E-state index in [2.05, 4.69) is 22.0 Å². The molecule has 1 saturated heterocycles. The van der Waals surface area contributed by atoms with E-state index in [9.17, 15) is 5.11 Å². The predicted molar refractivity (Wildman–Crippen MR) is 86.5 cm³/mol. The van der Waals surface area contributed by atoms with Crippen LogP contribution in [0.3, 0.4) is 0 Å². The van der Waals surface area contributed by atoms with Gasteiger partial charge in [0.15, 0.2) is 0 Å². The number of aliphatic hydroxyl groups excluding tert-OH is 1. The van der Waals surface area contributed by atoms with Gasteiger partial charge in [-0.1, -0.05) is 36.2 Å². The molecule has 0 spiro atoms. The fourth-order valence-corrected chi connectivity index (χ4v) is 3.42. The Hall–Kier alpha value is -1.16. The van der Waals surface area contributed by atoms with Gasteiger partial charge in [0.05, 0.1) is 5.52 Å². The lowest BCUT2D eigenvalue weighted by atomic mass is 9.99. The average molecular weight is 305 g/mol. The van der Waals surface area contributed by atoms with Crippen LogP contribution in [0.5, 0.6) is 0 Å². The Labute approximate surface area is 130 Å². The maximum Gasteiger partial charge on any atom is 0.134 e. The maximum atomic E-state index is 9.23. The predicted octanol–water partition coefficient (Wildman–Crippen LogP) is 3.63. The second kappa shape index (κ2) is 6.73. The van der Waals surface area contributed by atoms with E-state index in [1.807, 2.05) is 18.2 Å². The molecule has 3 rings (SSSR count). The number of aliphatic hydroxyl groups is 1. The summed E-state index contributed by atoms with van der Waals surface area (Å²) in [6.07, 6.45) is 4.49. The van der Waals surface area contributed by atoms with Gasteiger partial charge in [0.2, 0.25) is 0 Å². The van der Waals surface area contributed by atoms with Crippen molar-refractivity contribution in [2.45, 2.75) is 38.3 Å². The Morgan fingerprint density at radius 1 is 1.29 bits per heavy atom. The molecule has 1 fully saturated rings. The summed E-state index contributed by atoms with van der Waals surface area (Å²) in [6, 6.07) is 10.7. The fourth-order valence-electron chi connectivity index (χ4n) is 3.21. The lowest BCUT2D eigenvalue weighted by Crippen LogP contribution is -2.39. The molecule has 1 N–H and O–H groups in total. The van der Waals surface area contributed by atoms with Crippen LogP contribution in [-0.4, -0.2) is 34.2 Å². The van der Waals surface area contributed by atoms with Gasteiger partial charge in [-0.2, -0.15) is 0 Å². The van der Waals surface area contributed by atoms with Crippen molar-refractivity contribution >= 4 is 22.5 Å².